The van der Waals surface area contributed by atoms with Crippen LogP contribution in [0, 0.1) is 5.92 Å². The van der Waals surface area contributed by atoms with Crippen LogP contribution in [0.4, 0.5) is 0 Å². The third kappa shape index (κ3) is 4.08. The van der Waals surface area contributed by atoms with E-state index in [1.807, 2.05) is 35.9 Å². The minimum absolute atomic E-state index is 0.0490. The Hall–Kier alpha value is -2.60. The van der Waals surface area contributed by atoms with Gasteiger partial charge in [-0.15, -0.1) is 0 Å². The minimum atomic E-state index is -0.129. The highest BCUT2D eigenvalue weighted by Gasteiger charge is 2.21. The molecule has 0 saturated heterocycles. The first-order chi connectivity index (χ1) is 13.9. The van der Waals surface area contributed by atoms with E-state index in [4.69, 9.17) is 0 Å². The van der Waals surface area contributed by atoms with Gasteiger partial charge < -0.3 is 19.4 Å². The number of fused-ring (bicyclic) bond motifs is 3. The monoisotopic (exact) mass is 396 g/mol. The highest BCUT2D eigenvalue weighted by Crippen LogP contribution is 2.29. The Kier molecular flexibility index (Phi) is 6.42. The number of nitrogens with zero attached hydrogens (tertiary/aromatic N) is 3. The van der Waals surface area contributed by atoms with E-state index in [1.54, 1.807) is 10.8 Å². The van der Waals surface area contributed by atoms with Crippen LogP contribution in [0.5, 0.6) is 0 Å². The zero-order chi connectivity index (χ0) is 21.1. The molecule has 0 aliphatic carbocycles. The molecule has 0 unspecified atom stereocenters. The number of hydrogen-bond acceptors (Lipinski definition) is 3. The fourth-order valence-corrected chi connectivity index (χ4v) is 4.00. The second-order valence-corrected chi connectivity index (χ2v) is 7.98. The van der Waals surface area contributed by atoms with Crippen molar-refractivity contribution >= 4 is 27.7 Å². The number of carbonyl (C=O) groups is 1. The molecule has 6 nitrogen and oxygen atoms in total. The SMILES string of the molecule is CCN(CC)CCNC(=O)c1cn(CC(C)C)c(=O)c2c1c1ccccc1n2C. The van der Waals surface area contributed by atoms with E-state index in [2.05, 4.69) is 37.9 Å². The van der Waals surface area contributed by atoms with E-state index in [0.717, 1.165) is 35.9 Å². The first kappa shape index (κ1) is 21.1. The van der Waals surface area contributed by atoms with Gasteiger partial charge in [-0.1, -0.05) is 45.9 Å². The summed E-state index contributed by atoms with van der Waals surface area (Å²) >= 11 is 0. The van der Waals surface area contributed by atoms with Crippen LogP contribution in [0.1, 0.15) is 38.1 Å². The normalized spacial score (nSPS) is 11.8. The number of pyridine rings is 1. The molecule has 1 N–H and O–H groups in total. The van der Waals surface area contributed by atoms with Crippen LogP contribution in [0.3, 0.4) is 0 Å². The molecule has 1 aromatic carbocycles. The lowest BCUT2D eigenvalue weighted by Gasteiger charge is -2.18. The average molecular weight is 397 g/mol. The van der Waals surface area contributed by atoms with Gasteiger partial charge in [0.2, 0.25) is 0 Å². The van der Waals surface area contributed by atoms with Crippen molar-refractivity contribution in [2.24, 2.45) is 13.0 Å². The summed E-state index contributed by atoms with van der Waals surface area (Å²) in [5.41, 5.74) is 2.06. The lowest BCUT2D eigenvalue weighted by Crippen LogP contribution is -2.35. The van der Waals surface area contributed by atoms with Gasteiger partial charge in [-0.05, 0) is 25.1 Å². The van der Waals surface area contributed by atoms with Crippen molar-refractivity contribution in [3.8, 4) is 0 Å². The maximum atomic E-state index is 13.2. The lowest BCUT2D eigenvalue weighted by molar-refractivity contribution is 0.0949. The van der Waals surface area contributed by atoms with Crippen molar-refractivity contribution in [1.29, 1.82) is 0 Å². The zero-order valence-corrected chi connectivity index (χ0v) is 18.2. The molecule has 0 aliphatic heterocycles. The van der Waals surface area contributed by atoms with Crippen molar-refractivity contribution < 1.29 is 4.79 Å². The molecule has 3 rings (SSSR count). The summed E-state index contributed by atoms with van der Waals surface area (Å²) in [6.07, 6.45) is 1.74. The Morgan fingerprint density at radius 2 is 1.86 bits per heavy atom. The van der Waals surface area contributed by atoms with Gasteiger partial charge in [-0.3, -0.25) is 9.59 Å². The molecule has 6 heteroatoms. The smallest absolute Gasteiger partial charge is 0.275 e. The molecular weight excluding hydrogens is 364 g/mol. The fourth-order valence-electron chi connectivity index (χ4n) is 4.00. The van der Waals surface area contributed by atoms with Gasteiger partial charge >= 0.3 is 0 Å². The Morgan fingerprint density at radius 3 is 2.52 bits per heavy atom. The number of likely N-dealkylation sites (N-methyl/N-ethyl adjacent to an activating group) is 1. The van der Waals surface area contributed by atoms with E-state index < -0.39 is 0 Å². The topological polar surface area (TPSA) is 59.3 Å². The van der Waals surface area contributed by atoms with E-state index in [0.29, 0.717) is 30.1 Å². The summed E-state index contributed by atoms with van der Waals surface area (Å²) in [5, 5.41) is 4.74. The summed E-state index contributed by atoms with van der Waals surface area (Å²) in [6.45, 7) is 12.3. The number of rotatable bonds is 8. The van der Waals surface area contributed by atoms with Gasteiger partial charge in [-0.2, -0.15) is 0 Å². The molecule has 1 amide bonds. The van der Waals surface area contributed by atoms with Gasteiger partial charge in [0.25, 0.3) is 11.5 Å². The van der Waals surface area contributed by atoms with Crippen molar-refractivity contribution in [3.05, 3.63) is 46.4 Å². The quantitative estimate of drug-likeness (QED) is 0.636. The predicted octanol–water partition coefficient (Wildman–Crippen LogP) is 3.22. The first-order valence-corrected chi connectivity index (χ1v) is 10.5. The van der Waals surface area contributed by atoms with E-state index >= 15 is 0 Å². The molecule has 3 aromatic rings. The maximum Gasteiger partial charge on any atom is 0.275 e. The third-order valence-corrected chi connectivity index (χ3v) is 5.54. The largest absolute Gasteiger partial charge is 0.351 e. The molecule has 0 bridgehead atoms. The summed E-state index contributed by atoms with van der Waals surface area (Å²) in [5.74, 6) is 0.175. The molecule has 0 saturated carbocycles. The van der Waals surface area contributed by atoms with Crippen LogP contribution in [-0.4, -0.2) is 46.1 Å². The molecule has 0 aliphatic rings. The van der Waals surface area contributed by atoms with Crippen LogP contribution in [-0.2, 0) is 13.6 Å². The highest BCUT2D eigenvalue weighted by molar-refractivity contribution is 6.17. The standard InChI is InChI=1S/C23H32N4O2/c1-6-26(7-2)13-12-24-22(28)18-15-27(14-16(3)4)23(29)21-20(18)17-10-8-9-11-19(17)25(21)5/h8-11,15-16H,6-7,12-14H2,1-5H3,(H,24,28). The molecule has 0 atom stereocenters. The zero-order valence-electron chi connectivity index (χ0n) is 18.2. The molecule has 0 spiro atoms. The Morgan fingerprint density at radius 1 is 1.17 bits per heavy atom. The second kappa shape index (κ2) is 8.82. The number of nitrogens with one attached hydrogen (secondary N) is 1. The van der Waals surface area contributed by atoms with Gasteiger partial charge in [0.1, 0.15) is 5.52 Å². The number of aromatic nitrogens is 2. The van der Waals surface area contributed by atoms with Gasteiger partial charge in [0.15, 0.2) is 0 Å². The maximum absolute atomic E-state index is 13.2. The van der Waals surface area contributed by atoms with E-state index in [-0.39, 0.29) is 11.5 Å². The predicted molar refractivity (Wildman–Crippen MR) is 120 cm³/mol. The van der Waals surface area contributed by atoms with Crippen molar-refractivity contribution in [3.63, 3.8) is 0 Å². The number of para-hydroxylation sites is 1. The Balaban J connectivity index is 2.11. The fraction of sp³-hybridized carbons (Fsp3) is 0.478. The molecular formula is C23H32N4O2. The highest BCUT2D eigenvalue weighted by atomic mass is 16.2. The number of benzene rings is 1. The van der Waals surface area contributed by atoms with Crippen molar-refractivity contribution in [2.75, 3.05) is 26.2 Å². The molecule has 2 heterocycles. The summed E-state index contributed by atoms with van der Waals surface area (Å²) in [7, 11) is 1.90. The number of hydrogen-bond donors (Lipinski definition) is 1. The van der Waals surface area contributed by atoms with E-state index in [9.17, 15) is 9.59 Å². The number of amides is 1. The van der Waals surface area contributed by atoms with Crippen LogP contribution >= 0.6 is 0 Å². The summed E-state index contributed by atoms with van der Waals surface area (Å²) < 4.78 is 3.60. The minimum Gasteiger partial charge on any atom is -0.351 e. The molecule has 2 aromatic heterocycles. The lowest BCUT2D eigenvalue weighted by atomic mass is 10.1. The molecule has 0 fully saturated rings. The second-order valence-electron chi connectivity index (χ2n) is 7.98. The summed E-state index contributed by atoms with van der Waals surface area (Å²) in [4.78, 5) is 28.7. The van der Waals surface area contributed by atoms with Gasteiger partial charge in [0.05, 0.1) is 5.56 Å². The summed E-state index contributed by atoms with van der Waals surface area (Å²) in [6, 6.07) is 7.88. The average Bonchev–Trinajstić information content (AvgIpc) is 3.00. The van der Waals surface area contributed by atoms with Crippen LogP contribution in [0.15, 0.2) is 35.3 Å². The molecule has 156 valence electrons. The van der Waals surface area contributed by atoms with Crippen LogP contribution in [0.25, 0.3) is 21.8 Å². The Labute approximate surface area is 172 Å². The van der Waals surface area contributed by atoms with E-state index in [1.165, 1.54) is 0 Å². The number of aryl methyl sites for hydroxylation is 1. The third-order valence-electron chi connectivity index (χ3n) is 5.54. The Bertz CT molecular complexity index is 1070. The molecule has 29 heavy (non-hydrogen) atoms. The number of carbonyl (C=O) groups excluding carboxylic acids is 1. The van der Waals surface area contributed by atoms with Crippen LogP contribution in [0.2, 0.25) is 0 Å². The van der Waals surface area contributed by atoms with Crippen LogP contribution < -0.4 is 10.9 Å². The van der Waals surface area contributed by atoms with Gasteiger partial charge in [-0.25, -0.2) is 0 Å². The van der Waals surface area contributed by atoms with Gasteiger partial charge in [0, 0.05) is 49.2 Å². The first-order valence-electron chi connectivity index (χ1n) is 10.5. The van der Waals surface area contributed by atoms with Crippen molar-refractivity contribution in [2.45, 2.75) is 34.2 Å². The molecule has 0 radical (unpaired) electrons. The van der Waals surface area contributed by atoms with Crippen molar-refractivity contribution in [1.82, 2.24) is 19.4 Å².